The predicted molar refractivity (Wildman–Crippen MR) is 120 cm³/mol. The van der Waals surface area contributed by atoms with Crippen molar-refractivity contribution in [3.63, 3.8) is 0 Å². The van der Waals surface area contributed by atoms with Gasteiger partial charge in [-0.2, -0.15) is 0 Å². The molecule has 0 atom stereocenters. The van der Waals surface area contributed by atoms with Gasteiger partial charge in [-0.1, -0.05) is 11.6 Å². The van der Waals surface area contributed by atoms with Gasteiger partial charge in [0.05, 0.1) is 24.1 Å². The molecule has 0 spiro atoms. The second-order valence-electron chi connectivity index (χ2n) is 7.30. The smallest absolute Gasteiger partial charge is 0.340 e. The summed E-state index contributed by atoms with van der Waals surface area (Å²) >= 11 is 6.34. The van der Waals surface area contributed by atoms with Crippen molar-refractivity contribution in [1.29, 1.82) is 0 Å². The molecule has 2 aromatic heterocycles. The minimum Gasteiger partial charge on any atom is -0.493 e. The second-order valence-corrected chi connectivity index (χ2v) is 7.66. The summed E-state index contributed by atoms with van der Waals surface area (Å²) in [6.07, 6.45) is 0.598. The van der Waals surface area contributed by atoms with Gasteiger partial charge in [-0.05, 0) is 24.1 Å². The number of nitro groups is 2. The summed E-state index contributed by atoms with van der Waals surface area (Å²) in [5, 5.41) is 26.5. The number of nitrogens with one attached hydrogen (secondary N) is 1. The molecule has 0 saturated heterocycles. The SMILES string of the molecule is COc1cc2cc(Cc3cc([N+](=O)[O-])c4n(c3=O)CCCN4)c(Cl)nc2c([N+](=O)[O-])c1OC. The summed E-state index contributed by atoms with van der Waals surface area (Å²) in [5.41, 5.74) is -0.471. The van der Waals surface area contributed by atoms with E-state index in [0.29, 0.717) is 30.5 Å². The maximum Gasteiger partial charge on any atom is 0.340 e. The van der Waals surface area contributed by atoms with Gasteiger partial charge in [0.15, 0.2) is 17.1 Å². The van der Waals surface area contributed by atoms with Crippen LogP contribution >= 0.6 is 11.6 Å². The van der Waals surface area contributed by atoms with Crippen molar-refractivity contribution >= 4 is 39.7 Å². The zero-order valence-electron chi connectivity index (χ0n) is 17.6. The fraction of sp³-hybridized carbons (Fsp3) is 0.300. The highest BCUT2D eigenvalue weighted by molar-refractivity contribution is 6.30. The van der Waals surface area contributed by atoms with Gasteiger partial charge in [0.1, 0.15) is 5.15 Å². The average molecular weight is 476 g/mol. The number of hydrogen-bond donors (Lipinski definition) is 1. The molecule has 13 heteroatoms. The molecule has 1 aromatic carbocycles. The maximum absolute atomic E-state index is 13.0. The van der Waals surface area contributed by atoms with Crippen LogP contribution in [0.2, 0.25) is 5.15 Å². The van der Waals surface area contributed by atoms with Crippen LogP contribution in [0, 0.1) is 20.2 Å². The molecule has 0 aliphatic carbocycles. The molecule has 0 bridgehead atoms. The van der Waals surface area contributed by atoms with Crippen molar-refractivity contribution in [2.24, 2.45) is 0 Å². The Kier molecular flexibility index (Phi) is 5.77. The van der Waals surface area contributed by atoms with Crippen LogP contribution in [0.15, 0.2) is 23.0 Å². The number of pyridine rings is 2. The number of fused-ring (bicyclic) bond motifs is 2. The van der Waals surface area contributed by atoms with Crippen LogP contribution in [0.3, 0.4) is 0 Å². The van der Waals surface area contributed by atoms with E-state index in [-0.39, 0.29) is 51.2 Å². The fourth-order valence-corrected chi connectivity index (χ4v) is 4.15. The lowest BCUT2D eigenvalue weighted by Gasteiger charge is -2.20. The Balaban J connectivity index is 1.89. The van der Waals surface area contributed by atoms with Crippen LogP contribution < -0.4 is 20.3 Å². The topological polar surface area (TPSA) is 152 Å². The molecular weight excluding hydrogens is 458 g/mol. The molecule has 0 unspecified atom stereocenters. The van der Waals surface area contributed by atoms with Gasteiger partial charge in [-0.25, -0.2) is 4.98 Å². The van der Waals surface area contributed by atoms with Gasteiger partial charge < -0.3 is 14.8 Å². The molecule has 0 radical (unpaired) electrons. The highest BCUT2D eigenvalue weighted by Gasteiger charge is 2.28. The number of methoxy groups -OCH3 is 2. The summed E-state index contributed by atoms with van der Waals surface area (Å²) in [4.78, 5) is 39.3. The molecule has 3 aromatic rings. The van der Waals surface area contributed by atoms with Gasteiger partial charge in [0.25, 0.3) is 5.56 Å². The van der Waals surface area contributed by atoms with E-state index in [0.717, 1.165) is 0 Å². The van der Waals surface area contributed by atoms with Crippen LogP contribution in [-0.2, 0) is 13.0 Å². The number of rotatable bonds is 6. The molecule has 3 heterocycles. The lowest BCUT2D eigenvalue weighted by atomic mass is 10.0. The second kappa shape index (κ2) is 8.54. The van der Waals surface area contributed by atoms with Crippen molar-refractivity contribution in [3.8, 4) is 11.5 Å². The van der Waals surface area contributed by atoms with Crippen molar-refractivity contribution < 1.29 is 19.3 Å². The maximum atomic E-state index is 13.0. The predicted octanol–water partition coefficient (Wildman–Crippen LogP) is 3.29. The first kappa shape index (κ1) is 22.3. The third kappa shape index (κ3) is 3.78. The lowest BCUT2D eigenvalue weighted by Crippen LogP contribution is -2.32. The van der Waals surface area contributed by atoms with Crippen LogP contribution in [0.1, 0.15) is 17.5 Å². The largest absolute Gasteiger partial charge is 0.493 e. The van der Waals surface area contributed by atoms with E-state index < -0.39 is 15.5 Å². The summed E-state index contributed by atoms with van der Waals surface area (Å²) in [5.74, 6) is 0.208. The Morgan fingerprint density at radius 2 is 1.91 bits per heavy atom. The minimum absolute atomic E-state index is 0.0104. The molecule has 1 aliphatic rings. The molecular formula is C20H18ClN5O7. The van der Waals surface area contributed by atoms with Crippen LogP contribution in [0.4, 0.5) is 17.2 Å². The average Bonchev–Trinajstić information content (AvgIpc) is 2.79. The fourth-order valence-electron chi connectivity index (χ4n) is 3.95. The summed E-state index contributed by atoms with van der Waals surface area (Å²) in [7, 11) is 2.62. The van der Waals surface area contributed by atoms with E-state index in [1.165, 1.54) is 30.9 Å². The van der Waals surface area contributed by atoms with Crippen molar-refractivity contribution in [2.75, 3.05) is 26.1 Å². The van der Waals surface area contributed by atoms with Gasteiger partial charge in [-0.3, -0.25) is 29.6 Å². The first-order valence-electron chi connectivity index (χ1n) is 9.80. The molecule has 33 heavy (non-hydrogen) atoms. The number of anilines is 1. The molecule has 0 amide bonds. The van der Waals surface area contributed by atoms with Crippen molar-refractivity contribution in [2.45, 2.75) is 19.4 Å². The number of nitrogens with zero attached hydrogens (tertiary/aromatic N) is 4. The lowest BCUT2D eigenvalue weighted by molar-refractivity contribution is -0.384. The third-order valence-electron chi connectivity index (χ3n) is 5.41. The molecule has 4 rings (SSSR count). The van der Waals surface area contributed by atoms with E-state index >= 15 is 0 Å². The molecule has 172 valence electrons. The van der Waals surface area contributed by atoms with Crippen LogP contribution in [-0.4, -0.2) is 40.2 Å². The number of hydrogen-bond acceptors (Lipinski definition) is 9. The Morgan fingerprint density at radius 1 is 1.15 bits per heavy atom. The molecule has 0 saturated carbocycles. The Morgan fingerprint density at radius 3 is 2.55 bits per heavy atom. The Labute approximate surface area is 191 Å². The van der Waals surface area contributed by atoms with E-state index in [1.807, 2.05) is 0 Å². The first-order chi connectivity index (χ1) is 15.8. The number of ether oxygens (including phenoxy) is 2. The van der Waals surface area contributed by atoms with Crippen molar-refractivity contribution in [3.05, 3.63) is 65.1 Å². The highest BCUT2D eigenvalue weighted by atomic mass is 35.5. The Hall–Kier alpha value is -3.93. The zero-order valence-corrected chi connectivity index (χ0v) is 18.3. The van der Waals surface area contributed by atoms with E-state index in [2.05, 4.69) is 10.3 Å². The number of halogens is 1. The molecule has 1 N–H and O–H groups in total. The zero-order chi connectivity index (χ0) is 23.9. The van der Waals surface area contributed by atoms with Crippen LogP contribution in [0.5, 0.6) is 11.5 Å². The standard InChI is InChI=1S/C20H18ClN5O7/c1-32-14-9-10-6-11(18(21)23-15(10)16(26(30)31)17(14)33-2)7-12-8-13(25(28)29)19-22-4-3-5-24(19)20(12)27/h6,8-9,22H,3-5,7H2,1-2H3. The van der Waals surface area contributed by atoms with E-state index in [4.69, 9.17) is 21.1 Å². The van der Waals surface area contributed by atoms with Gasteiger partial charge in [0, 0.05) is 36.5 Å². The van der Waals surface area contributed by atoms with Gasteiger partial charge >= 0.3 is 11.4 Å². The summed E-state index contributed by atoms with van der Waals surface area (Å²) in [6.45, 7) is 0.882. The molecule has 0 fully saturated rings. The minimum atomic E-state index is -0.640. The highest BCUT2D eigenvalue weighted by Crippen LogP contribution is 2.43. The van der Waals surface area contributed by atoms with Crippen LogP contribution in [0.25, 0.3) is 10.9 Å². The van der Waals surface area contributed by atoms with Gasteiger partial charge in [-0.15, -0.1) is 0 Å². The number of aromatic nitrogens is 2. The summed E-state index contributed by atoms with van der Waals surface area (Å²) < 4.78 is 11.7. The Bertz CT molecular complexity index is 1370. The van der Waals surface area contributed by atoms with E-state index in [1.54, 1.807) is 6.07 Å². The first-order valence-corrected chi connectivity index (χ1v) is 10.2. The quantitative estimate of drug-likeness (QED) is 0.321. The van der Waals surface area contributed by atoms with Crippen molar-refractivity contribution in [1.82, 2.24) is 9.55 Å². The van der Waals surface area contributed by atoms with Gasteiger partial charge in [0.2, 0.25) is 5.75 Å². The molecule has 1 aliphatic heterocycles. The number of benzene rings is 1. The number of nitro benzene ring substituents is 1. The van der Waals surface area contributed by atoms with E-state index in [9.17, 15) is 25.0 Å². The third-order valence-corrected chi connectivity index (χ3v) is 5.73. The normalized spacial score (nSPS) is 12.7. The summed E-state index contributed by atoms with van der Waals surface area (Å²) in [6, 6.07) is 4.29. The molecule has 12 nitrogen and oxygen atoms in total. The monoisotopic (exact) mass is 475 g/mol.